The summed E-state index contributed by atoms with van der Waals surface area (Å²) in [6.07, 6.45) is 2.58. The zero-order valence-electron chi connectivity index (χ0n) is 11.5. The molecule has 0 aliphatic heterocycles. The highest BCUT2D eigenvalue weighted by Gasteiger charge is 2.49. The number of carbonyl (C=O) groups is 2. The van der Waals surface area contributed by atoms with Gasteiger partial charge in [0.2, 0.25) is 0 Å². The lowest BCUT2D eigenvalue weighted by Gasteiger charge is -2.47. The van der Waals surface area contributed by atoms with Gasteiger partial charge in [-0.25, -0.2) is 4.79 Å². The number of hydrogen-bond donors (Lipinski definition) is 0. The zero-order chi connectivity index (χ0) is 13.3. The monoisotopic (exact) mass is 241 g/mol. The van der Waals surface area contributed by atoms with Gasteiger partial charge in [0.1, 0.15) is 11.1 Å². The number of nitrogens with zero attached hydrogens (tertiary/aromatic N) is 1. The number of hydrogen-bond acceptors (Lipinski definition) is 3. The van der Waals surface area contributed by atoms with Crippen molar-refractivity contribution in [2.24, 2.45) is 0 Å². The van der Waals surface area contributed by atoms with Crippen LogP contribution in [0.1, 0.15) is 53.4 Å². The van der Waals surface area contributed by atoms with Crippen molar-refractivity contribution in [2.45, 2.75) is 64.5 Å². The Labute approximate surface area is 103 Å². The van der Waals surface area contributed by atoms with Crippen LogP contribution in [0.4, 0.5) is 4.79 Å². The normalized spacial score (nSPS) is 18.2. The van der Waals surface area contributed by atoms with Crippen molar-refractivity contribution in [1.29, 1.82) is 0 Å². The number of carbonyl (C=O) groups excluding carboxylic acids is 2. The predicted octanol–water partition coefficient (Wildman–Crippen LogP) is 2.76. The fourth-order valence-corrected chi connectivity index (χ4v) is 2.15. The standard InChI is InChI=1S/C13H23NO3/c1-6-10(15)13(8-7-9-13)14(5)11(16)17-12(2,3)4/h6-9H2,1-5H3. The van der Waals surface area contributed by atoms with E-state index >= 15 is 0 Å². The third-order valence-corrected chi connectivity index (χ3v) is 3.33. The molecule has 0 aromatic rings. The van der Waals surface area contributed by atoms with E-state index in [4.69, 9.17) is 4.74 Å². The molecule has 4 nitrogen and oxygen atoms in total. The second-order valence-corrected chi connectivity index (χ2v) is 5.70. The Morgan fingerprint density at radius 1 is 1.29 bits per heavy atom. The molecule has 1 aliphatic carbocycles. The minimum absolute atomic E-state index is 0.136. The molecule has 4 heteroatoms. The van der Waals surface area contributed by atoms with Gasteiger partial charge in [-0.2, -0.15) is 0 Å². The van der Waals surface area contributed by atoms with E-state index in [0.29, 0.717) is 6.42 Å². The summed E-state index contributed by atoms with van der Waals surface area (Å²) in [6.45, 7) is 7.32. The number of ether oxygens (including phenoxy) is 1. The van der Waals surface area contributed by atoms with Gasteiger partial charge in [-0.05, 0) is 40.0 Å². The van der Waals surface area contributed by atoms with E-state index in [1.54, 1.807) is 7.05 Å². The Morgan fingerprint density at radius 2 is 1.82 bits per heavy atom. The van der Waals surface area contributed by atoms with Gasteiger partial charge in [-0.3, -0.25) is 9.69 Å². The summed E-state index contributed by atoms with van der Waals surface area (Å²) in [7, 11) is 1.67. The van der Waals surface area contributed by atoms with Crippen molar-refractivity contribution in [2.75, 3.05) is 7.05 Å². The topological polar surface area (TPSA) is 46.6 Å². The van der Waals surface area contributed by atoms with E-state index < -0.39 is 17.2 Å². The lowest BCUT2D eigenvalue weighted by molar-refractivity contribution is -0.135. The van der Waals surface area contributed by atoms with E-state index in [1.807, 2.05) is 27.7 Å². The van der Waals surface area contributed by atoms with Crippen LogP contribution < -0.4 is 0 Å². The van der Waals surface area contributed by atoms with Gasteiger partial charge < -0.3 is 4.74 Å². The molecule has 1 saturated carbocycles. The Kier molecular flexibility index (Phi) is 3.84. The highest BCUT2D eigenvalue weighted by molar-refractivity contribution is 5.92. The van der Waals surface area contributed by atoms with Crippen LogP contribution in [0.3, 0.4) is 0 Å². The largest absolute Gasteiger partial charge is 0.444 e. The van der Waals surface area contributed by atoms with Crippen LogP contribution in [0.25, 0.3) is 0 Å². The molecule has 0 atom stereocenters. The molecule has 1 aliphatic rings. The molecule has 0 unspecified atom stereocenters. The number of Topliss-reactive ketones (excluding diaryl/α,β-unsaturated/α-hetero) is 1. The second kappa shape index (κ2) is 4.67. The van der Waals surface area contributed by atoms with Crippen LogP contribution in [0, 0.1) is 0 Å². The maximum Gasteiger partial charge on any atom is 0.410 e. The number of amides is 1. The number of likely N-dealkylation sites (N-methyl/N-ethyl adjacent to an activating group) is 1. The Bertz CT molecular complexity index is 313. The summed E-state index contributed by atoms with van der Waals surface area (Å²) in [5.41, 5.74) is -1.12. The van der Waals surface area contributed by atoms with Crippen molar-refractivity contribution in [1.82, 2.24) is 4.90 Å². The average Bonchev–Trinajstić information content (AvgIpc) is 2.12. The van der Waals surface area contributed by atoms with E-state index in [2.05, 4.69) is 0 Å². The molecule has 0 spiro atoms. The summed E-state index contributed by atoms with van der Waals surface area (Å²) in [5.74, 6) is 0.136. The summed E-state index contributed by atoms with van der Waals surface area (Å²) in [5, 5.41) is 0. The fourth-order valence-electron chi connectivity index (χ4n) is 2.15. The van der Waals surface area contributed by atoms with Gasteiger partial charge in [-0.1, -0.05) is 6.92 Å². The SMILES string of the molecule is CCC(=O)C1(N(C)C(=O)OC(C)(C)C)CCC1. The zero-order valence-corrected chi connectivity index (χ0v) is 11.5. The van der Waals surface area contributed by atoms with Crippen molar-refractivity contribution in [3.05, 3.63) is 0 Å². The molecule has 1 rings (SSSR count). The molecule has 1 fully saturated rings. The quantitative estimate of drug-likeness (QED) is 0.763. The summed E-state index contributed by atoms with van der Waals surface area (Å²) >= 11 is 0. The van der Waals surface area contributed by atoms with Crippen LogP contribution >= 0.6 is 0 Å². The Morgan fingerprint density at radius 3 is 2.12 bits per heavy atom. The molecule has 0 bridgehead atoms. The molecule has 1 amide bonds. The molecule has 0 saturated heterocycles. The molecule has 0 aromatic heterocycles. The van der Waals surface area contributed by atoms with E-state index in [0.717, 1.165) is 19.3 Å². The second-order valence-electron chi connectivity index (χ2n) is 5.70. The molecule has 0 N–H and O–H groups in total. The Balaban J connectivity index is 2.77. The van der Waals surface area contributed by atoms with Crippen LogP contribution in [0.5, 0.6) is 0 Å². The minimum Gasteiger partial charge on any atom is -0.444 e. The summed E-state index contributed by atoms with van der Waals surface area (Å²) < 4.78 is 5.31. The maximum absolute atomic E-state index is 12.0. The van der Waals surface area contributed by atoms with Crippen molar-refractivity contribution in [3.63, 3.8) is 0 Å². The van der Waals surface area contributed by atoms with Gasteiger partial charge in [0, 0.05) is 13.5 Å². The number of ketones is 1. The van der Waals surface area contributed by atoms with Gasteiger partial charge in [0.25, 0.3) is 0 Å². The van der Waals surface area contributed by atoms with Crippen LogP contribution in [0.15, 0.2) is 0 Å². The summed E-state index contributed by atoms with van der Waals surface area (Å²) in [4.78, 5) is 25.4. The van der Waals surface area contributed by atoms with Crippen molar-refractivity contribution >= 4 is 11.9 Å². The smallest absolute Gasteiger partial charge is 0.410 e. The third kappa shape index (κ3) is 2.79. The van der Waals surface area contributed by atoms with Gasteiger partial charge in [0.05, 0.1) is 0 Å². The Hall–Kier alpha value is -1.06. The first kappa shape index (κ1) is 14.0. The van der Waals surface area contributed by atoms with Gasteiger partial charge in [0.15, 0.2) is 5.78 Å². The molecular weight excluding hydrogens is 218 g/mol. The fraction of sp³-hybridized carbons (Fsp3) is 0.846. The third-order valence-electron chi connectivity index (χ3n) is 3.33. The van der Waals surface area contributed by atoms with Crippen molar-refractivity contribution in [3.8, 4) is 0 Å². The average molecular weight is 241 g/mol. The molecule has 0 aromatic carbocycles. The lowest BCUT2D eigenvalue weighted by Crippen LogP contribution is -2.60. The molecule has 98 valence electrons. The maximum atomic E-state index is 12.0. The molecule has 17 heavy (non-hydrogen) atoms. The molecule has 0 heterocycles. The van der Waals surface area contributed by atoms with E-state index in [9.17, 15) is 9.59 Å². The van der Waals surface area contributed by atoms with Gasteiger partial charge >= 0.3 is 6.09 Å². The minimum atomic E-state index is -0.600. The van der Waals surface area contributed by atoms with E-state index in [-0.39, 0.29) is 5.78 Å². The predicted molar refractivity (Wildman–Crippen MR) is 65.9 cm³/mol. The van der Waals surface area contributed by atoms with Crippen LogP contribution in [0.2, 0.25) is 0 Å². The van der Waals surface area contributed by atoms with Gasteiger partial charge in [-0.15, -0.1) is 0 Å². The first-order valence-electron chi connectivity index (χ1n) is 6.23. The lowest BCUT2D eigenvalue weighted by atomic mass is 9.72. The molecule has 0 radical (unpaired) electrons. The van der Waals surface area contributed by atoms with E-state index in [1.165, 1.54) is 4.90 Å². The van der Waals surface area contributed by atoms with Crippen LogP contribution in [-0.2, 0) is 9.53 Å². The van der Waals surface area contributed by atoms with Crippen LogP contribution in [-0.4, -0.2) is 35.0 Å². The highest BCUT2D eigenvalue weighted by Crippen LogP contribution is 2.39. The first-order chi connectivity index (χ1) is 7.73. The summed E-state index contributed by atoms with van der Waals surface area (Å²) in [6, 6.07) is 0. The number of rotatable bonds is 3. The first-order valence-corrected chi connectivity index (χ1v) is 6.23. The molecular formula is C13H23NO3. The highest BCUT2D eigenvalue weighted by atomic mass is 16.6. The van der Waals surface area contributed by atoms with Crippen molar-refractivity contribution < 1.29 is 14.3 Å².